The van der Waals surface area contributed by atoms with Gasteiger partial charge in [0.1, 0.15) is 0 Å². The van der Waals surface area contributed by atoms with Crippen LogP contribution in [0.25, 0.3) is 0 Å². The van der Waals surface area contributed by atoms with E-state index in [0.29, 0.717) is 19.6 Å². The van der Waals surface area contributed by atoms with Gasteiger partial charge in [0.25, 0.3) is 5.56 Å². The molecule has 2 heterocycles. The van der Waals surface area contributed by atoms with E-state index < -0.39 is 10.0 Å². The molecular weight excluding hydrogens is 278 g/mol. The normalized spacial score (nSPS) is 18.0. The molecule has 0 N–H and O–H groups in total. The predicted molar refractivity (Wildman–Crippen MR) is 77.1 cm³/mol. The maximum absolute atomic E-state index is 11.8. The monoisotopic (exact) mass is 299 g/mol. The van der Waals surface area contributed by atoms with Crippen LogP contribution in [0.4, 0.5) is 0 Å². The standard InChI is InChI=1S/C13H21N3O3S/c1-13(2,3)11-5-6-12(17)16(14-11)9-10-7-15(8-10)20(4,18)19/h5-6,10H,7-9H2,1-4H3. The van der Waals surface area contributed by atoms with Gasteiger partial charge < -0.3 is 0 Å². The van der Waals surface area contributed by atoms with Gasteiger partial charge in [0.15, 0.2) is 0 Å². The number of nitrogens with zero attached hydrogens (tertiary/aromatic N) is 3. The Morgan fingerprint density at radius 3 is 2.40 bits per heavy atom. The lowest BCUT2D eigenvalue weighted by atomic mass is 9.92. The molecule has 1 saturated heterocycles. The van der Waals surface area contributed by atoms with Gasteiger partial charge in [-0.1, -0.05) is 20.8 Å². The summed E-state index contributed by atoms with van der Waals surface area (Å²) >= 11 is 0. The van der Waals surface area contributed by atoms with Gasteiger partial charge in [0, 0.05) is 30.5 Å². The van der Waals surface area contributed by atoms with Crippen LogP contribution >= 0.6 is 0 Å². The SMILES string of the molecule is CC(C)(C)c1ccc(=O)n(CC2CN(S(C)(=O)=O)C2)n1. The fraction of sp³-hybridized carbons (Fsp3) is 0.692. The van der Waals surface area contributed by atoms with E-state index in [1.54, 1.807) is 6.07 Å². The molecule has 1 aromatic heterocycles. The molecule has 0 unspecified atom stereocenters. The van der Waals surface area contributed by atoms with Crippen molar-refractivity contribution < 1.29 is 8.42 Å². The minimum Gasteiger partial charge on any atom is -0.268 e. The van der Waals surface area contributed by atoms with Crippen LogP contribution in [0.2, 0.25) is 0 Å². The molecule has 0 spiro atoms. The summed E-state index contributed by atoms with van der Waals surface area (Å²) in [6.07, 6.45) is 1.20. The lowest BCUT2D eigenvalue weighted by Gasteiger charge is -2.37. The van der Waals surface area contributed by atoms with E-state index in [-0.39, 0.29) is 16.9 Å². The van der Waals surface area contributed by atoms with Crippen LogP contribution in [-0.4, -0.2) is 41.8 Å². The molecule has 0 aromatic carbocycles. The molecule has 2 rings (SSSR count). The van der Waals surface area contributed by atoms with Gasteiger partial charge >= 0.3 is 0 Å². The van der Waals surface area contributed by atoms with Crippen molar-refractivity contribution in [3.63, 3.8) is 0 Å². The highest BCUT2D eigenvalue weighted by atomic mass is 32.2. The Morgan fingerprint density at radius 2 is 1.90 bits per heavy atom. The number of hydrogen-bond donors (Lipinski definition) is 0. The molecule has 1 aliphatic rings. The summed E-state index contributed by atoms with van der Waals surface area (Å²) < 4.78 is 25.5. The van der Waals surface area contributed by atoms with Crippen molar-refractivity contribution in [3.05, 3.63) is 28.2 Å². The van der Waals surface area contributed by atoms with E-state index in [1.165, 1.54) is 21.3 Å². The van der Waals surface area contributed by atoms with Gasteiger partial charge in [-0.05, 0) is 6.07 Å². The number of aromatic nitrogens is 2. The van der Waals surface area contributed by atoms with Crippen molar-refractivity contribution in [2.75, 3.05) is 19.3 Å². The second kappa shape index (κ2) is 4.96. The molecule has 0 saturated carbocycles. The number of sulfonamides is 1. The fourth-order valence-corrected chi connectivity index (χ4v) is 3.10. The van der Waals surface area contributed by atoms with Crippen LogP contribution in [-0.2, 0) is 22.0 Å². The van der Waals surface area contributed by atoms with Gasteiger partial charge in [0.05, 0.1) is 18.5 Å². The molecule has 20 heavy (non-hydrogen) atoms. The Labute approximate surface area is 119 Å². The fourth-order valence-electron chi connectivity index (χ4n) is 2.13. The lowest BCUT2D eigenvalue weighted by Crippen LogP contribution is -2.51. The van der Waals surface area contributed by atoms with E-state index in [1.807, 2.05) is 20.8 Å². The first-order valence-corrected chi connectivity index (χ1v) is 8.46. The molecule has 6 nitrogen and oxygen atoms in total. The van der Waals surface area contributed by atoms with Gasteiger partial charge in [-0.3, -0.25) is 4.79 Å². The average molecular weight is 299 g/mol. The Morgan fingerprint density at radius 1 is 1.30 bits per heavy atom. The molecule has 112 valence electrons. The number of hydrogen-bond acceptors (Lipinski definition) is 4. The van der Waals surface area contributed by atoms with Crippen molar-refractivity contribution in [1.29, 1.82) is 0 Å². The summed E-state index contributed by atoms with van der Waals surface area (Å²) in [5.41, 5.74) is 0.598. The smallest absolute Gasteiger partial charge is 0.266 e. The van der Waals surface area contributed by atoms with Crippen LogP contribution < -0.4 is 5.56 Å². The second-order valence-corrected chi connectivity index (χ2v) is 8.42. The third-order valence-electron chi connectivity index (χ3n) is 3.46. The van der Waals surface area contributed by atoms with E-state index in [9.17, 15) is 13.2 Å². The van der Waals surface area contributed by atoms with Crippen molar-refractivity contribution in [3.8, 4) is 0 Å². The van der Waals surface area contributed by atoms with E-state index in [0.717, 1.165) is 5.69 Å². The summed E-state index contributed by atoms with van der Waals surface area (Å²) in [6, 6.07) is 3.28. The largest absolute Gasteiger partial charge is 0.268 e. The first-order chi connectivity index (χ1) is 9.07. The first kappa shape index (κ1) is 15.2. The molecule has 1 fully saturated rings. The highest BCUT2D eigenvalue weighted by Crippen LogP contribution is 2.21. The Hall–Kier alpha value is -1.21. The first-order valence-electron chi connectivity index (χ1n) is 6.61. The quantitative estimate of drug-likeness (QED) is 0.811. The molecule has 1 aliphatic heterocycles. The maximum Gasteiger partial charge on any atom is 0.266 e. The van der Waals surface area contributed by atoms with Crippen molar-refractivity contribution in [1.82, 2.24) is 14.1 Å². The Bertz CT molecular complexity index is 652. The topological polar surface area (TPSA) is 72.3 Å². The Balaban J connectivity index is 2.10. The van der Waals surface area contributed by atoms with Gasteiger partial charge in [0.2, 0.25) is 10.0 Å². The maximum atomic E-state index is 11.8. The molecule has 0 aliphatic carbocycles. The van der Waals surface area contributed by atoms with Crippen molar-refractivity contribution >= 4 is 10.0 Å². The van der Waals surface area contributed by atoms with Crippen LogP contribution in [0.3, 0.4) is 0 Å². The zero-order valence-corrected chi connectivity index (χ0v) is 13.1. The zero-order chi connectivity index (χ0) is 15.1. The average Bonchev–Trinajstić information content (AvgIpc) is 2.21. The molecule has 7 heteroatoms. The lowest BCUT2D eigenvalue weighted by molar-refractivity contribution is 0.173. The minimum absolute atomic E-state index is 0.117. The van der Waals surface area contributed by atoms with Gasteiger partial charge in [-0.2, -0.15) is 5.10 Å². The minimum atomic E-state index is -3.11. The van der Waals surface area contributed by atoms with Crippen LogP contribution in [0.15, 0.2) is 16.9 Å². The summed E-state index contributed by atoms with van der Waals surface area (Å²) in [5, 5.41) is 4.39. The highest BCUT2D eigenvalue weighted by molar-refractivity contribution is 7.88. The molecule has 0 bridgehead atoms. The van der Waals surface area contributed by atoms with Crippen molar-refractivity contribution in [2.24, 2.45) is 5.92 Å². The van der Waals surface area contributed by atoms with Gasteiger partial charge in [-0.25, -0.2) is 17.4 Å². The van der Waals surface area contributed by atoms with Gasteiger partial charge in [-0.15, -0.1) is 0 Å². The highest BCUT2D eigenvalue weighted by Gasteiger charge is 2.33. The summed E-state index contributed by atoms with van der Waals surface area (Å²) in [6.45, 7) is 7.52. The molecule has 0 amide bonds. The van der Waals surface area contributed by atoms with E-state index in [2.05, 4.69) is 5.10 Å². The van der Waals surface area contributed by atoms with E-state index in [4.69, 9.17) is 0 Å². The number of rotatable bonds is 3. The summed E-state index contributed by atoms with van der Waals surface area (Å²) in [7, 11) is -3.11. The predicted octanol–water partition coefficient (Wildman–Crippen LogP) is 0.432. The third-order valence-corrected chi connectivity index (χ3v) is 4.70. The zero-order valence-electron chi connectivity index (χ0n) is 12.3. The molecular formula is C13H21N3O3S. The second-order valence-electron chi connectivity index (χ2n) is 6.43. The third kappa shape index (κ3) is 3.27. The van der Waals surface area contributed by atoms with Crippen LogP contribution in [0.1, 0.15) is 26.5 Å². The summed E-state index contributed by atoms with van der Waals surface area (Å²) in [4.78, 5) is 11.8. The molecule has 0 radical (unpaired) electrons. The van der Waals surface area contributed by atoms with Crippen LogP contribution in [0.5, 0.6) is 0 Å². The summed E-state index contributed by atoms with van der Waals surface area (Å²) in [5.74, 6) is 0.158. The van der Waals surface area contributed by atoms with E-state index >= 15 is 0 Å². The van der Waals surface area contributed by atoms with Crippen molar-refractivity contribution in [2.45, 2.75) is 32.7 Å². The molecule has 1 aromatic rings. The molecule has 0 atom stereocenters. The Kier molecular flexibility index (Phi) is 3.77. The van der Waals surface area contributed by atoms with Crippen LogP contribution in [0, 0.1) is 5.92 Å².